The fraction of sp³-hybridized carbons (Fsp3) is 0.667. The highest BCUT2D eigenvalue weighted by Gasteiger charge is 2.32. The monoisotopic (exact) mass is 288 g/mol. The van der Waals surface area contributed by atoms with Crippen molar-refractivity contribution in [3.63, 3.8) is 0 Å². The Balaban J connectivity index is 2.17. The molecule has 0 aromatic carbocycles. The van der Waals surface area contributed by atoms with Crippen LogP contribution in [0.2, 0.25) is 0 Å². The second-order valence-electron chi connectivity index (χ2n) is 4.91. The maximum atomic E-state index is 12.3. The number of sulfonamides is 1. The van der Waals surface area contributed by atoms with Crippen molar-refractivity contribution in [2.75, 3.05) is 7.05 Å². The van der Waals surface area contributed by atoms with Gasteiger partial charge in [0.15, 0.2) is 0 Å². The maximum absolute atomic E-state index is 12.3. The topological polar surface area (TPSA) is 58.2 Å². The molecule has 0 amide bonds. The van der Waals surface area contributed by atoms with Crippen LogP contribution in [0, 0.1) is 12.8 Å². The van der Waals surface area contributed by atoms with Crippen LogP contribution in [0.3, 0.4) is 0 Å². The molecular formula is C12H20N2O2S2. The molecule has 1 aliphatic rings. The summed E-state index contributed by atoms with van der Waals surface area (Å²) in [6.45, 7) is 4.52. The van der Waals surface area contributed by atoms with Crippen LogP contribution in [0.5, 0.6) is 0 Å². The molecule has 0 bridgehead atoms. The lowest BCUT2D eigenvalue weighted by atomic mass is 10.2. The smallest absolute Gasteiger partial charge is 0.241 e. The number of nitrogens with one attached hydrogen (secondary N) is 2. The minimum Gasteiger partial charge on any atom is -0.315 e. The van der Waals surface area contributed by atoms with Gasteiger partial charge in [0.25, 0.3) is 0 Å². The van der Waals surface area contributed by atoms with Crippen LogP contribution < -0.4 is 10.0 Å². The second-order valence-corrected chi connectivity index (χ2v) is 7.93. The Morgan fingerprint density at radius 2 is 2.17 bits per heavy atom. The Hall–Kier alpha value is -0.430. The van der Waals surface area contributed by atoms with Crippen molar-refractivity contribution in [2.45, 2.75) is 44.2 Å². The Bertz CT molecular complexity index is 518. The molecule has 0 saturated heterocycles. The van der Waals surface area contributed by atoms with E-state index in [1.54, 1.807) is 6.07 Å². The van der Waals surface area contributed by atoms with E-state index < -0.39 is 10.0 Å². The molecule has 1 fully saturated rings. The largest absolute Gasteiger partial charge is 0.315 e. The van der Waals surface area contributed by atoms with Gasteiger partial charge in [-0.1, -0.05) is 0 Å². The van der Waals surface area contributed by atoms with Crippen molar-refractivity contribution in [1.29, 1.82) is 0 Å². The van der Waals surface area contributed by atoms with Gasteiger partial charge in [-0.15, -0.1) is 11.3 Å². The molecule has 2 N–H and O–H groups in total. The van der Waals surface area contributed by atoms with E-state index in [9.17, 15) is 8.42 Å². The van der Waals surface area contributed by atoms with E-state index in [1.165, 1.54) is 11.3 Å². The molecule has 6 heteroatoms. The van der Waals surface area contributed by atoms with Gasteiger partial charge in [-0.25, -0.2) is 13.1 Å². The third-order valence-corrected chi connectivity index (χ3v) is 6.10. The number of thiophene rings is 1. The van der Waals surface area contributed by atoms with Crippen molar-refractivity contribution in [3.8, 4) is 0 Å². The summed E-state index contributed by atoms with van der Waals surface area (Å²) in [5.41, 5.74) is 0. The lowest BCUT2D eigenvalue weighted by Gasteiger charge is -2.12. The van der Waals surface area contributed by atoms with Crippen LogP contribution in [0.1, 0.15) is 29.5 Å². The number of hydrogen-bond donors (Lipinski definition) is 2. The molecule has 18 heavy (non-hydrogen) atoms. The van der Waals surface area contributed by atoms with Gasteiger partial charge < -0.3 is 5.32 Å². The molecule has 4 nitrogen and oxygen atoms in total. The van der Waals surface area contributed by atoms with Gasteiger partial charge in [0.1, 0.15) is 0 Å². The minimum atomic E-state index is -3.36. The third-order valence-electron chi connectivity index (χ3n) is 3.23. The molecular weight excluding hydrogens is 268 g/mol. The average Bonchev–Trinajstić information content (AvgIpc) is 3.03. The highest BCUT2D eigenvalue weighted by atomic mass is 32.2. The summed E-state index contributed by atoms with van der Waals surface area (Å²) < 4.78 is 27.4. The summed E-state index contributed by atoms with van der Waals surface area (Å²) in [5.74, 6) is 0.524. The molecule has 1 unspecified atom stereocenters. The molecule has 2 rings (SSSR count). The number of rotatable bonds is 6. The summed E-state index contributed by atoms with van der Waals surface area (Å²) in [5, 5.41) is 3.04. The molecule has 1 aromatic heterocycles. The van der Waals surface area contributed by atoms with Gasteiger partial charge in [0.05, 0.1) is 4.90 Å². The molecule has 1 heterocycles. The number of aryl methyl sites for hydroxylation is 1. The maximum Gasteiger partial charge on any atom is 0.241 e. The summed E-state index contributed by atoms with van der Waals surface area (Å²) in [7, 11) is -1.50. The highest BCUT2D eigenvalue weighted by molar-refractivity contribution is 7.89. The van der Waals surface area contributed by atoms with Crippen LogP contribution >= 0.6 is 11.3 Å². The standard InChI is InChI=1S/C12H20N2O2S2/c1-8(10-4-5-10)14-18(15,16)12-6-11(7-13-3)17-9(12)2/h6,8,10,13-14H,4-5,7H2,1-3H3. The van der Waals surface area contributed by atoms with Gasteiger partial charge >= 0.3 is 0 Å². The van der Waals surface area contributed by atoms with E-state index in [1.807, 2.05) is 20.9 Å². The van der Waals surface area contributed by atoms with E-state index in [2.05, 4.69) is 10.0 Å². The van der Waals surface area contributed by atoms with Crippen LogP contribution in [0.15, 0.2) is 11.0 Å². The van der Waals surface area contributed by atoms with Gasteiger partial charge in [0, 0.05) is 22.3 Å². The first kappa shape index (κ1) is 14.0. The predicted octanol–water partition coefficient (Wildman–Crippen LogP) is 1.85. The van der Waals surface area contributed by atoms with Crippen molar-refractivity contribution in [2.24, 2.45) is 5.92 Å². The molecule has 0 aliphatic heterocycles. The van der Waals surface area contributed by atoms with E-state index in [4.69, 9.17) is 0 Å². The third kappa shape index (κ3) is 3.12. The van der Waals surface area contributed by atoms with Gasteiger partial charge in [-0.3, -0.25) is 0 Å². The molecule has 1 aliphatic carbocycles. The molecule has 1 saturated carbocycles. The first-order valence-corrected chi connectivity index (χ1v) is 8.50. The first-order valence-electron chi connectivity index (χ1n) is 6.20. The predicted molar refractivity (Wildman–Crippen MR) is 74.3 cm³/mol. The molecule has 102 valence electrons. The van der Waals surface area contributed by atoms with Crippen LogP contribution in [-0.4, -0.2) is 21.5 Å². The SMILES string of the molecule is CNCc1cc(S(=O)(=O)NC(C)C2CC2)c(C)s1. The highest BCUT2D eigenvalue weighted by Crippen LogP contribution is 2.33. The Labute approximate surface area is 113 Å². The summed E-state index contributed by atoms with van der Waals surface area (Å²) in [6, 6.07) is 1.82. The van der Waals surface area contributed by atoms with Crippen LogP contribution in [-0.2, 0) is 16.6 Å². The van der Waals surface area contributed by atoms with E-state index >= 15 is 0 Å². The Morgan fingerprint density at radius 1 is 1.50 bits per heavy atom. The average molecular weight is 288 g/mol. The van der Waals surface area contributed by atoms with Gasteiger partial charge in [0.2, 0.25) is 10.0 Å². The van der Waals surface area contributed by atoms with Crippen LogP contribution in [0.25, 0.3) is 0 Å². The van der Waals surface area contributed by atoms with Crippen molar-refractivity contribution < 1.29 is 8.42 Å². The van der Waals surface area contributed by atoms with Crippen LogP contribution in [0.4, 0.5) is 0 Å². The zero-order chi connectivity index (χ0) is 13.3. The van der Waals surface area contributed by atoms with Gasteiger partial charge in [-0.2, -0.15) is 0 Å². The summed E-state index contributed by atoms with van der Waals surface area (Å²) >= 11 is 1.54. The lowest BCUT2D eigenvalue weighted by Crippen LogP contribution is -2.34. The van der Waals surface area contributed by atoms with Crippen molar-refractivity contribution >= 4 is 21.4 Å². The molecule has 1 atom stereocenters. The molecule has 0 spiro atoms. The first-order chi connectivity index (χ1) is 8.44. The van der Waals surface area contributed by atoms with Crippen molar-refractivity contribution in [3.05, 3.63) is 15.8 Å². The summed E-state index contributed by atoms with van der Waals surface area (Å²) in [4.78, 5) is 2.34. The van der Waals surface area contributed by atoms with E-state index in [0.717, 1.165) is 22.6 Å². The fourth-order valence-corrected chi connectivity index (χ4v) is 5.01. The molecule has 0 radical (unpaired) electrons. The van der Waals surface area contributed by atoms with E-state index in [0.29, 0.717) is 17.4 Å². The Morgan fingerprint density at radius 3 is 2.72 bits per heavy atom. The number of hydrogen-bond acceptors (Lipinski definition) is 4. The second kappa shape index (κ2) is 5.28. The van der Waals surface area contributed by atoms with E-state index in [-0.39, 0.29) is 6.04 Å². The quantitative estimate of drug-likeness (QED) is 0.840. The van der Waals surface area contributed by atoms with Crippen molar-refractivity contribution in [1.82, 2.24) is 10.0 Å². The molecule has 1 aromatic rings. The fourth-order valence-electron chi connectivity index (χ4n) is 2.05. The Kier molecular flexibility index (Phi) is 4.11. The zero-order valence-corrected chi connectivity index (χ0v) is 12.6. The zero-order valence-electron chi connectivity index (χ0n) is 11.0. The summed E-state index contributed by atoms with van der Waals surface area (Å²) in [6.07, 6.45) is 2.27. The lowest BCUT2D eigenvalue weighted by molar-refractivity contribution is 0.538. The van der Waals surface area contributed by atoms with Gasteiger partial charge in [-0.05, 0) is 45.7 Å². The minimum absolute atomic E-state index is 0.0436. The normalized spacial score (nSPS) is 17.9.